The molecule has 0 spiro atoms. The van der Waals surface area contributed by atoms with E-state index < -0.39 is 6.09 Å². The van der Waals surface area contributed by atoms with Gasteiger partial charge in [0.25, 0.3) is 5.91 Å². The highest BCUT2D eigenvalue weighted by atomic mass is 16.5. The number of carbonyl (C=O) groups excluding carboxylic acids is 2. The van der Waals surface area contributed by atoms with Crippen LogP contribution in [0.2, 0.25) is 0 Å². The second kappa shape index (κ2) is 11.9. The molecule has 0 bridgehead atoms. The number of furan rings is 1. The lowest BCUT2D eigenvalue weighted by Crippen LogP contribution is -2.47. The van der Waals surface area contributed by atoms with Crippen LogP contribution in [-0.4, -0.2) is 62.8 Å². The molecule has 1 fully saturated rings. The Kier molecular flexibility index (Phi) is 8.24. The Morgan fingerprint density at radius 3 is 2.60 bits per heavy atom. The van der Waals surface area contributed by atoms with Gasteiger partial charge in [0.2, 0.25) is 0 Å². The van der Waals surface area contributed by atoms with Crippen molar-refractivity contribution in [3.63, 3.8) is 0 Å². The summed E-state index contributed by atoms with van der Waals surface area (Å²) in [5.41, 5.74) is 2.87. The first-order valence-corrected chi connectivity index (χ1v) is 11.7. The molecule has 0 unspecified atom stereocenters. The Balaban J connectivity index is 1.20. The van der Waals surface area contributed by atoms with Crippen LogP contribution in [0.5, 0.6) is 5.75 Å². The lowest BCUT2D eigenvalue weighted by Gasteiger charge is -2.36. The predicted octanol–water partition coefficient (Wildman–Crippen LogP) is 4.30. The Bertz CT molecular complexity index is 1110. The van der Waals surface area contributed by atoms with Crippen LogP contribution in [0.25, 0.3) is 0 Å². The van der Waals surface area contributed by atoms with E-state index in [1.807, 2.05) is 49.4 Å². The zero-order chi connectivity index (χ0) is 24.5. The molecule has 35 heavy (non-hydrogen) atoms. The maximum absolute atomic E-state index is 12.3. The van der Waals surface area contributed by atoms with Crippen molar-refractivity contribution >= 4 is 29.1 Å². The average Bonchev–Trinajstić information content (AvgIpc) is 3.41. The standard InChI is InChI=1S/C26H30N4O5/c1-2-34-24-9-4-3-8-23(24)28-26(32)35-17-15-29-11-13-30(14-12-29)22-7-5-6-21(18-22)27-25(31)20-10-16-33-19-20/h3-10,16,18-19H,2,11-15,17H2,1H3,(H,27,31)(H,28,32). The zero-order valence-electron chi connectivity index (χ0n) is 19.7. The Morgan fingerprint density at radius 2 is 1.83 bits per heavy atom. The van der Waals surface area contributed by atoms with Crippen molar-refractivity contribution in [1.82, 2.24) is 4.90 Å². The minimum absolute atomic E-state index is 0.203. The van der Waals surface area contributed by atoms with Gasteiger partial charge in [0.1, 0.15) is 18.6 Å². The number of anilines is 3. The highest BCUT2D eigenvalue weighted by Gasteiger charge is 2.18. The van der Waals surface area contributed by atoms with E-state index in [0.717, 1.165) is 37.6 Å². The van der Waals surface area contributed by atoms with Gasteiger partial charge in [0.15, 0.2) is 0 Å². The van der Waals surface area contributed by atoms with Gasteiger partial charge < -0.3 is 24.1 Å². The normalized spacial score (nSPS) is 13.8. The topological polar surface area (TPSA) is 96.3 Å². The number of nitrogens with zero attached hydrogens (tertiary/aromatic N) is 2. The van der Waals surface area contributed by atoms with Gasteiger partial charge in [-0.3, -0.25) is 15.0 Å². The van der Waals surface area contributed by atoms with Crippen molar-refractivity contribution < 1.29 is 23.5 Å². The largest absolute Gasteiger partial charge is 0.492 e. The maximum Gasteiger partial charge on any atom is 0.411 e. The fourth-order valence-corrected chi connectivity index (χ4v) is 3.87. The van der Waals surface area contributed by atoms with E-state index in [0.29, 0.717) is 36.8 Å². The van der Waals surface area contributed by atoms with Crippen LogP contribution in [0, 0.1) is 0 Å². The van der Waals surface area contributed by atoms with E-state index in [9.17, 15) is 9.59 Å². The van der Waals surface area contributed by atoms with Gasteiger partial charge >= 0.3 is 6.09 Å². The summed E-state index contributed by atoms with van der Waals surface area (Å²) in [5.74, 6) is 0.416. The minimum atomic E-state index is -0.495. The lowest BCUT2D eigenvalue weighted by atomic mass is 10.2. The summed E-state index contributed by atoms with van der Waals surface area (Å²) in [6.07, 6.45) is 2.40. The Hall–Kier alpha value is -3.98. The third kappa shape index (κ3) is 6.77. The van der Waals surface area contributed by atoms with Gasteiger partial charge in [-0.2, -0.15) is 0 Å². The molecule has 2 heterocycles. The van der Waals surface area contributed by atoms with Crippen molar-refractivity contribution in [2.75, 3.05) is 61.5 Å². The van der Waals surface area contributed by atoms with Crippen LogP contribution in [0.15, 0.2) is 71.5 Å². The molecule has 9 nitrogen and oxygen atoms in total. The second-order valence-corrected chi connectivity index (χ2v) is 8.04. The van der Waals surface area contributed by atoms with Crippen LogP contribution >= 0.6 is 0 Å². The average molecular weight is 479 g/mol. The molecule has 1 saturated heterocycles. The molecule has 9 heteroatoms. The molecule has 0 saturated carbocycles. The van der Waals surface area contributed by atoms with Gasteiger partial charge in [-0.05, 0) is 43.3 Å². The first-order valence-electron chi connectivity index (χ1n) is 11.7. The molecule has 1 aliphatic heterocycles. The molecule has 4 rings (SSSR count). The molecule has 1 aromatic heterocycles. The van der Waals surface area contributed by atoms with Gasteiger partial charge in [0.05, 0.1) is 24.1 Å². The summed E-state index contributed by atoms with van der Waals surface area (Å²) in [4.78, 5) is 29.0. The smallest absolute Gasteiger partial charge is 0.411 e. The molecule has 1 aliphatic rings. The summed E-state index contributed by atoms with van der Waals surface area (Å²) in [6, 6.07) is 16.7. The van der Waals surface area contributed by atoms with Crippen molar-refractivity contribution in [2.45, 2.75) is 6.92 Å². The van der Waals surface area contributed by atoms with Gasteiger partial charge in [-0.15, -0.1) is 0 Å². The Labute approximate surface area is 204 Å². The van der Waals surface area contributed by atoms with Gasteiger partial charge in [-0.1, -0.05) is 18.2 Å². The summed E-state index contributed by atoms with van der Waals surface area (Å²) < 4.78 is 15.9. The molecule has 3 aromatic rings. The van der Waals surface area contributed by atoms with Crippen LogP contribution in [-0.2, 0) is 4.74 Å². The molecule has 2 amide bonds. The molecular weight excluding hydrogens is 448 g/mol. The number of rotatable bonds is 9. The minimum Gasteiger partial charge on any atom is -0.492 e. The van der Waals surface area contributed by atoms with Crippen molar-refractivity contribution in [3.05, 3.63) is 72.7 Å². The summed E-state index contributed by atoms with van der Waals surface area (Å²) in [7, 11) is 0. The SMILES string of the molecule is CCOc1ccccc1NC(=O)OCCN1CCN(c2cccc(NC(=O)c3ccoc3)c2)CC1. The highest BCUT2D eigenvalue weighted by Crippen LogP contribution is 2.24. The second-order valence-electron chi connectivity index (χ2n) is 8.04. The summed E-state index contributed by atoms with van der Waals surface area (Å²) >= 11 is 0. The molecular formula is C26H30N4O5. The summed E-state index contributed by atoms with van der Waals surface area (Å²) in [5, 5.41) is 5.64. The van der Waals surface area contributed by atoms with E-state index in [-0.39, 0.29) is 5.91 Å². The Morgan fingerprint density at radius 1 is 1.00 bits per heavy atom. The van der Waals surface area contributed by atoms with E-state index >= 15 is 0 Å². The first-order chi connectivity index (χ1) is 17.1. The van der Waals surface area contributed by atoms with Gasteiger partial charge in [-0.25, -0.2) is 4.79 Å². The molecule has 2 aromatic carbocycles. The van der Waals surface area contributed by atoms with E-state index in [2.05, 4.69) is 20.4 Å². The van der Waals surface area contributed by atoms with E-state index in [1.165, 1.54) is 12.5 Å². The number of carbonyl (C=O) groups is 2. The zero-order valence-corrected chi connectivity index (χ0v) is 19.7. The first kappa shape index (κ1) is 24.2. The van der Waals surface area contributed by atoms with Crippen LogP contribution in [0.1, 0.15) is 17.3 Å². The lowest BCUT2D eigenvalue weighted by molar-refractivity contribution is 0.102. The fraction of sp³-hybridized carbons (Fsp3) is 0.308. The third-order valence-electron chi connectivity index (χ3n) is 5.69. The predicted molar refractivity (Wildman–Crippen MR) is 134 cm³/mol. The number of nitrogens with one attached hydrogen (secondary N) is 2. The van der Waals surface area contributed by atoms with Crippen molar-refractivity contribution in [1.29, 1.82) is 0 Å². The number of benzene rings is 2. The van der Waals surface area contributed by atoms with E-state index in [4.69, 9.17) is 13.9 Å². The molecule has 0 aliphatic carbocycles. The van der Waals surface area contributed by atoms with E-state index in [1.54, 1.807) is 12.1 Å². The number of hydrogen-bond donors (Lipinski definition) is 2. The molecule has 0 atom stereocenters. The van der Waals surface area contributed by atoms with Crippen LogP contribution < -0.4 is 20.3 Å². The quantitative estimate of drug-likeness (QED) is 0.473. The van der Waals surface area contributed by atoms with Crippen LogP contribution in [0.3, 0.4) is 0 Å². The number of piperazine rings is 1. The van der Waals surface area contributed by atoms with Crippen molar-refractivity contribution in [2.24, 2.45) is 0 Å². The maximum atomic E-state index is 12.3. The monoisotopic (exact) mass is 478 g/mol. The molecule has 0 radical (unpaired) electrons. The number of ether oxygens (including phenoxy) is 2. The van der Waals surface area contributed by atoms with Gasteiger partial charge in [0, 0.05) is 44.1 Å². The van der Waals surface area contributed by atoms with Crippen LogP contribution in [0.4, 0.5) is 21.9 Å². The summed E-state index contributed by atoms with van der Waals surface area (Å²) in [6.45, 7) is 6.76. The molecule has 184 valence electrons. The fourth-order valence-electron chi connectivity index (χ4n) is 3.87. The third-order valence-corrected chi connectivity index (χ3v) is 5.69. The molecule has 2 N–H and O–H groups in total. The number of para-hydroxylation sites is 2. The highest BCUT2D eigenvalue weighted by molar-refractivity contribution is 6.04. The number of hydrogen-bond acceptors (Lipinski definition) is 7. The number of amides is 2. The van der Waals surface area contributed by atoms with Crippen molar-refractivity contribution in [3.8, 4) is 5.75 Å².